The average molecular weight is 387 g/mol. The summed E-state index contributed by atoms with van der Waals surface area (Å²) in [5, 5.41) is 0. The average Bonchev–Trinajstić information content (AvgIpc) is 2.68. The third-order valence-corrected chi connectivity index (χ3v) is 4.95. The van der Waals surface area contributed by atoms with Crippen LogP contribution in [0.4, 0.5) is 0 Å². The van der Waals surface area contributed by atoms with Gasteiger partial charge in [-0.25, -0.2) is 0 Å². The second-order valence-electron chi connectivity index (χ2n) is 7.31. The fourth-order valence-corrected chi connectivity index (χ4v) is 2.78. The highest BCUT2D eigenvalue weighted by Crippen LogP contribution is 2.14. The van der Waals surface area contributed by atoms with Crippen LogP contribution in [0, 0.1) is 11.8 Å². The Hall–Kier alpha value is -1.10. The lowest BCUT2D eigenvalue weighted by Gasteiger charge is -2.15. The van der Waals surface area contributed by atoms with Gasteiger partial charge in [-0.2, -0.15) is 0 Å². The molecule has 0 rings (SSSR count). The van der Waals surface area contributed by atoms with Crippen LogP contribution in [-0.4, -0.2) is 38.4 Å². The Morgan fingerprint density at radius 1 is 0.704 bits per heavy atom. The van der Waals surface area contributed by atoms with Crippen molar-refractivity contribution in [1.29, 1.82) is 0 Å². The number of carbonyl (C=O) groups is 2. The van der Waals surface area contributed by atoms with E-state index in [4.69, 9.17) is 14.2 Å². The topological polar surface area (TPSA) is 61.8 Å². The Kier molecular flexibility index (Phi) is 17.5. The molecule has 160 valence electrons. The second kappa shape index (κ2) is 18.3. The van der Waals surface area contributed by atoms with Gasteiger partial charge in [-0.15, -0.1) is 0 Å². The maximum Gasteiger partial charge on any atom is 0.308 e. The predicted octanol–water partition coefficient (Wildman–Crippen LogP) is 5.30. The zero-order valence-electron chi connectivity index (χ0n) is 18.1. The number of unbranched alkanes of at least 4 members (excludes halogenated alkanes) is 2. The molecule has 5 nitrogen and oxygen atoms in total. The molecule has 27 heavy (non-hydrogen) atoms. The first kappa shape index (κ1) is 25.9. The molecule has 0 saturated heterocycles. The van der Waals surface area contributed by atoms with Crippen LogP contribution in [0.3, 0.4) is 0 Å². The Morgan fingerprint density at radius 3 is 1.44 bits per heavy atom. The molecular formula is C22H42O5. The number of hydrogen-bond acceptors (Lipinski definition) is 5. The molecule has 0 N–H and O–H groups in total. The molecule has 0 spiro atoms. The smallest absolute Gasteiger partial charge is 0.308 e. The Bertz CT molecular complexity index is 336. The van der Waals surface area contributed by atoms with Gasteiger partial charge in [0.1, 0.15) is 0 Å². The maximum atomic E-state index is 11.7. The summed E-state index contributed by atoms with van der Waals surface area (Å²) in [6.45, 7) is 10.2. The van der Waals surface area contributed by atoms with E-state index >= 15 is 0 Å². The number of esters is 2. The van der Waals surface area contributed by atoms with E-state index in [2.05, 4.69) is 27.7 Å². The minimum Gasteiger partial charge on any atom is -0.465 e. The van der Waals surface area contributed by atoms with Gasteiger partial charge in [-0.1, -0.05) is 66.2 Å². The number of ether oxygens (including phenoxy) is 3. The Balaban J connectivity index is 3.68. The highest BCUT2D eigenvalue weighted by molar-refractivity contribution is 5.70. The van der Waals surface area contributed by atoms with Crippen molar-refractivity contribution in [1.82, 2.24) is 0 Å². The maximum absolute atomic E-state index is 11.7. The van der Waals surface area contributed by atoms with E-state index in [0.29, 0.717) is 25.0 Å². The highest BCUT2D eigenvalue weighted by atomic mass is 16.5. The van der Waals surface area contributed by atoms with Crippen LogP contribution in [-0.2, 0) is 23.8 Å². The van der Waals surface area contributed by atoms with Crippen LogP contribution in [0.5, 0.6) is 0 Å². The molecule has 0 fully saturated rings. The van der Waals surface area contributed by atoms with E-state index < -0.39 is 0 Å². The van der Waals surface area contributed by atoms with Gasteiger partial charge in [0.05, 0.1) is 39.3 Å². The van der Waals surface area contributed by atoms with Crippen LogP contribution >= 0.6 is 0 Å². The number of carbonyl (C=O) groups excluding carboxylic acids is 2. The molecule has 2 unspecified atom stereocenters. The lowest BCUT2D eigenvalue weighted by Crippen LogP contribution is -2.17. The van der Waals surface area contributed by atoms with E-state index in [0.717, 1.165) is 25.7 Å². The standard InChI is InChI=1S/C22H42O5/c1-5-9-11-19(7-3)17-26-21(23)13-15-25-16-14-22(24)27-18-20(8-4)12-10-6-2/h19-20H,5-18H2,1-4H3. The van der Waals surface area contributed by atoms with Gasteiger partial charge in [0.15, 0.2) is 0 Å². The van der Waals surface area contributed by atoms with Crippen LogP contribution in [0.15, 0.2) is 0 Å². The summed E-state index contributed by atoms with van der Waals surface area (Å²) in [7, 11) is 0. The van der Waals surface area contributed by atoms with Gasteiger partial charge in [0, 0.05) is 0 Å². The van der Waals surface area contributed by atoms with Crippen molar-refractivity contribution in [3.63, 3.8) is 0 Å². The monoisotopic (exact) mass is 386 g/mol. The van der Waals surface area contributed by atoms with Crippen molar-refractivity contribution in [3.05, 3.63) is 0 Å². The van der Waals surface area contributed by atoms with Crippen molar-refractivity contribution in [2.45, 2.75) is 91.9 Å². The summed E-state index contributed by atoms with van der Waals surface area (Å²) in [5.41, 5.74) is 0. The van der Waals surface area contributed by atoms with Crippen molar-refractivity contribution < 1.29 is 23.8 Å². The van der Waals surface area contributed by atoms with Gasteiger partial charge in [-0.3, -0.25) is 9.59 Å². The summed E-state index contributed by atoms with van der Waals surface area (Å²) < 4.78 is 16.0. The minimum absolute atomic E-state index is 0.228. The predicted molar refractivity (Wildman–Crippen MR) is 109 cm³/mol. The summed E-state index contributed by atoms with van der Waals surface area (Å²) >= 11 is 0. The van der Waals surface area contributed by atoms with Crippen LogP contribution in [0.2, 0.25) is 0 Å². The molecule has 0 aromatic carbocycles. The fourth-order valence-electron chi connectivity index (χ4n) is 2.78. The molecule has 0 heterocycles. The Labute approximate surface area is 166 Å². The molecule has 0 aliphatic heterocycles. The molecule has 5 heteroatoms. The molecule has 0 aromatic rings. The first-order valence-electron chi connectivity index (χ1n) is 11.0. The van der Waals surface area contributed by atoms with E-state index in [-0.39, 0.29) is 38.0 Å². The lowest BCUT2D eigenvalue weighted by molar-refractivity contribution is -0.147. The third kappa shape index (κ3) is 15.6. The van der Waals surface area contributed by atoms with Crippen molar-refractivity contribution in [2.75, 3.05) is 26.4 Å². The van der Waals surface area contributed by atoms with Crippen LogP contribution in [0.1, 0.15) is 91.9 Å². The van der Waals surface area contributed by atoms with Crippen LogP contribution < -0.4 is 0 Å². The largest absolute Gasteiger partial charge is 0.465 e. The quantitative estimate of drug-likeness (QED) is 0.236. The van der Waals surface area contributed by atoms with E-state index in [1.54, 1.807) is 0 Å². The van der Waals surface area contributed by atoms with Gasteiger partial charge < -0.3 is 14.2 Å². The van der Waals surface area contributed by atoms with Gasteiger partial charge in [0.25, 0.3) is 0 Å². The van der Waals surface area contributed by atoms with E-state index in [1.807, 2.05) is 0 Å². The van der Waals surface area contributed by atoms with E-state index in [1.165, 1.54) is 25.7 Å². The minimum atomic E-state index is -0.228. The van der Waals surface area contributed by atoms with Crippen molar-refractivity contribution in [2.24, 2.45) is 11.8 Å². The fraction of sp³-hybridized carbons (Fsp3) is 0.909. The van der Waals surface area contributed by atoms with Gasteiger partial charge >= 0.3 is 11.9 Å². The third-order valence-electron chi connectivity index (χ3n) is 4.95. The first-order chi connectivity index (χ1) is 13.1. The lowest BCUT2D eigenvalue weighted by atomic mass is 10.0. The second-order valence-corrected chi connectivity index (χ2v) is 7.31. The number of rotatable bonds is 18. The SMILES string of the molecule is CCCCC(CC)COC(=O)CCOCCC(=O)OCC(CC)CCCC. The summed E-state index contributed by atoms with van der Waals surface area (Å²) in [6.07, 6.45) is 9.41. The normalized spacial score (nSPS) is 13.2. The highest BCUT2D eigenvalue weighted by Gasteiger charge is 2.11. The molecule has 0 aliphatic carbocycles. The first-order valence-corrected chi connectivity index (χ1v) is 11.0. The zero-order chi connectivity index (χ0) is 20.3. The Morgan fingerprint density at radius 2 is 1.11 bits per heavy atom. The van der Waals surface area contributed by atoms with Gasteiger partial charge in [0.2, 0.25) is 0 Å². The summed E-state index contributed by atoms with van der Waals surface area (Å²) in [5.74, 6) is 0.450. The zero-order valence-corrected chi connectivity index (χ0v) is 18.1. The molecule has 0 radical (unpaired) electrons. The van der Waals surface area contributed by atoms with Crippen molar-refractivity contribution in [3.8, 4) is 0 Å². The van der Waals surface area contributed by atoms with Gasteiger partial charge in [-0.05, 0) is 24.7 Å². The molecule has 0 amide bonds. The van der Waals surface area contributed by atoms with Crippen molar-refractivity contribution >= 4 is 11.9 Å². The molecule has 0 saturated carbocycles. The number of hydrogen-bond donors (Lipinski definition) is 0. The van der Waals surface area contributed by atoms with Crippen LogP contribution in [0.25, 0.3) is 0 Å². The molecule has 0 bridgehead atoms. The molecule has 0 aliphatic rings. The molecule has 2 atom stereocenters. The molecular weight excluding hydrogens is 344 g/mol. The summed E-state index contributed by atoms with van der Waals surface area (Å²) in [4.78, 5) is 23.5. The van der Waals surface area contributed by atoms with E-state index in [9.17, 15) is 9.59 Å². The summed E-state index contributed by atoms with van der Waals surface area (Å²) in [6, 6.07) is 0. The molecule has 0 aromatic heterocycles.